The van der Waals surface area contributed by atoms with Gasteiger partial charge in [-0.05, 0) is 56.3 Å². The van der Waals surface area contributed by atoms with Crippen LogP contribution in [0.5, 0.6) is 6.01 Å². The number of benzene rings is 2. The molecule has 0 aliphatic carbocycles. The van der Waals surface area contributed by atoms with Gasteiger partial charge in [0, 0.05) is 55.4 Å². The van der Waals surface area contributed by atoms with Gasteiger partial charge in [0.15, 0.2) is 0 Å². The molecule has 4 aliphatic rings. The van der Waals surface area contributed by atoms with E-state index in [2.05, 4.69) is 76.5 Å². The summed E-state index contributed by atoms with van der Waals surface area (Å²) in [5.74, 6) is 1.01. The molecule has 0 spiro atoms. The summed E-state index contributed by atoms with van der Waals surface area (Å²) in [5, 5.41) is 15.3. The Balaban J connectivity index is 1.21. The van der Waals surface area contributed by atoms with Gasteiger partial charge in [0.25, 0.3) is 0 Å². The van der Waals surface area contributed by atoms with Gasteiger partial charge in [0.05, 0.1) is 36.8 Å². The molecule has 1 aromatic heterocycles. The number of anilines is 2. The van der Waals surface area contributed by atoms with Gasteiger partial charge >= 0.3 is 6.01 Å². The first kappa shape index (κ1) is 28.8. The van der Waals surface area contributed by atoms with E-state index in [1.807, 2.05) is 4.90 Å². The maximum absolute atomic E-state index is 13.0. The zero-order chi connectivity index (χ0) is 30.2. The number of amides is 1. The van der Waals surface area contributed by atoms with E-state index < -0.39 is 0 Å². The number of piperazine rings is 1. The van der Waals surface area contributed by atoms with Crippen molar-refractivity contribution < 1.29 is 9.53 Å². The van der Waals surface area contributed by atoms with Gasteiger partial charge in [-0.3, -0.25) is 4.79 Å². The Morgan fingerprint density at radius 1 is 1.09 bits per heavy atom. The summed E-state index contributed by atoms with van der Waals surface area (Å²) in [6, 6.07) is 16.0. The molecule has 0 unspecified atom stereocenters. The molecule has 0 bridgehead atoms. The Hall–Kier alpha value is -3.94. The predicted molar refractivity (Wildman–Crippen MR) is 171 cm³/mol. The number of likely N-dealkylation sites (tertiary alicyclic amines) is 1. The van der Waals surface area contributed by atoms with Crippen LogP contribution in [0.25, 0.3) is 10.8 Å². The molecule has 3 aromatic rings. The normalized spacial score (nSPS) is 23.5. The number of nitrogens with one attached hydrogen (secondary N) is 1. The number of hydrogen-bond donors (Lipinski definition) is 1. The van der Waals surface area contributed by atoms with E-state index >= 15 is 0 Å². The number of nitrogens with zero attached hydrogens (tertiary/aromatic N) is 7. The summed E-state index contributed by atoms with van der Waals surface area (Å²) in [4.78, 5) is 32.1. The van der Waals surface area contributed by atoms with Gasteiger partial charge < -0.3 is 29.7 Å². The lowest BCUT2D eigenvalue weighted by molar-refractivity contribution is -0.133. The molecular formula is C34H42N8O2. The highest BCUT2D eigenvalue weighted by Gasteiger charge is 2.39. The second kappa shape index (κ2) is 12.2. The lowest BCUT2D eigenvalue weighted by atomic mass is 9.98. The van der Waals surface area contributed by atoms with Crippen LogP contribution in [0, 0.1) is 11.3 Å². The smallest absolute Gasteiger partial charge is 0.318 e. The molecule has 7 rings (SSSR count). The van der Waals surface area contributed by atoms with Crippen molar-refractivity contribution in [2.45, 2.75) is 63.7 Å². The van der Waals surface area contributed by atoms with Crippen molar-refractivity contribution in [2.75, 3.05) is 62.7 Å². The maximum Gasteiger partial charge on any atom is 0.318 e. The lowest BCUT2D eigenvalue weighted by Gasteiger charge is -2.42. The number of rotatable bonds is 8. The third kappa shape index (κ3) is 5.55. The second-order valence-electron chi connectivity index (χ2n) is 12.6. The van der Waals surface area contributed by atoms with E-state index in [0.29, 0.717) is 51.3 Å². The van der Waals surface area contributed by atoms with Gasteiger partial charge in [-0.25, -0.2) is 0 Å². The van der Waals surface area contributed by atoms with Crippen molar-refractivity contribution >= 4 is 28.2 Å². The van der Waals surface area contributed by atoms with E-state index in [9.17, 15) is 10.1 Å². The molecule has 4 aliphatic heterocycles. The molecule has 2 aromatic carbocycles. The number of carbonyl (C=O) groups excluding carboxylic acids is 1. The fraction of sp³-hybridized carbons (Fsp3) is 0.529. The number of carbonyl (C=O) groups is 1. The van der Waals surface area contributed by atoms with Crippen LogP contribution in [0.2, 0.25) is 0 Å². The fourth-order valence-corrected chi connectivity index (χ4v) is 7.29. The maximum atomic E-state index is 13.0. The Bertz CT molecular complexity index is 1580. The lowest BCUT2D eigenvalue weighted by Crippen LogP contribution is -2.57. The number of ether oxygens (including phenoxy) is 1. The minimum absolute atomic E-state index is 0.100. The third-order valence-corrected chi connectivity index (χ3v) is 9.89. The summed E-state index contributed by atoms with van der Waals surface area (Å²) >= 11 is 0. The molecule has 10 nitrogen and oxygen atoms in total. The van der Waals surface area contributed by atoms with E-state index in [1.54, 1.807) is 0 Å². The molecule has 1 amide bonds. The molecule has 44 heavy (non-hydrogen) atoms. The SMILES string of the molecule is CCc1cccc2cccc(N3CCc4c(nc(OC[C@@H]5CCCN5C)nc4N4CCN(C(=O)[C@H]5CN5)[C@@H](CC#N)C4)C3)c12. The van der Waals surface area contributed by atoms with Gasteiger partial charge in [-0.2, -0.15) is 15.2 Å². The molecule has 1 N–H and O–H groups in total. The number of hydrogen-bond acceptors (Lipinski definition) is 9. The van der Waals surface area contributed by atoms with Crippen molar-refractivity contribution in [2.24, 2.45) is 0 Å². The first-order valence-corrected chi connectivity index (χ1v) is 16.2. The van der Waals surface area contributed by atoms with Crippen LogP contribution in [0.15, 0.2) is 36.4 Å². The summed E-state index contributed by atoms with van der Waals surface area (Å²) < 4.78 is 6.34. The monoisotopic (exact) mass is 594 g/mol. The zero-order valence-electron chi connectivity index (χ0n) is 25.8. The fourth-order valence-electron chi connectivity index (χ4n) is 7.29. The largest absolute Gasteiger partial charge is 0.462 e. The molecule has 0 saturated carbocycles. The molecule has 3 atom stereocenters. The number of fused-ring (bicyclic) bond motifs is 2. The summed E-state index contributed by atoms with van der Waals surface area (Å²) in [6.45, 7) is 7.95. The van der Waals surface area contributed by atoms with Crippen molar-refractivity contribution in [3.8, 4) is 12.1 Å². The Labute approximate surface area is 259 Å². The molecule has 230 valence electrons. The molecular weight excluding hydrogens is 552 g/mol. The number of aryl methyl sites for hydroxylation is 1. The summed E-state index contributed by atoms with van der Waals surface area (Å²) in [6.07, 6.45) is 4.39. The quantitative estimate of drug-likeness (QED) is 0.393. The highest BCUT2D eigenvalue weighted by Crippen LogP contribution is 2.36. The van der Waals surface area contributed by atoms with E-state index in [0.717, 1.165) is 56.0 Å². The van der Waals surface area contributed by atoms with Crippen molar-refractivity contribution in [1.82, 2.24) is 25.1 Å². The molecule has 0 radical (unpaired) electrons. The highest BCUT2D eigenvalue weighted by molar-refractivity contribution is 5.97. The van der Waals surface area contributed by atoms with Gasteiger partial charge in [-0.1, -0.05) is 37.3 Å². The van der Waals surface area contributed by atoms with Crippen LogP contribution in [0.3, 0.4) is 0 Å². The van der Waals surface area contributed by atoms with Crippen molar-refractivity contribution in [1.29, 1.82) is 5.26 Å². The minimum atomic E-state index is -0.172. The number of nitriles is 1. The number of likely N-dealkylation sites (N-methyl/N-ethyl adjacent to an activating group) is 1. The van der Waals surface area contributed by atoms with Crippen LogP contribution in [0.4, 0.5) is 11.5 Å². The van der Waals surface area contributed by atoms with Crippen LogP contribution in [0.1, 0.15) is 43.0 Å². The van der Waals surface area contributed by atoms with Crippen molar-refractivity contribution in [3.63, 3.8) is 0 Å². The molecule has 3 saturated heterocycles. The standard InChI is InChI=1S/C34H42N8O2/c1-3-23-7-4-8-24-9-5-11-30(31(23)24)40-16-13-27-29(21-40)37-34(44-22-26-10-6-15-39(26)2)38-32(27)41-17-18-42(25(20-41)12-14-35)33(43)28-19-36-28/h4-5,7-9,11,25-26,28,36H,3,6,10,12-13,15-22H2,1-2H3/t25-,26-,28+/m0/s1. The topological polar surface area (TPSA) is 111 Å². The molecule has 10 heteroatoms. The third-order valence-electron chi connectivity index (χ3n) is 9.89. The van der Waals surface area contributed by atoms with Crippen LogP contribution < -0.4 is 19.9 Å². The van der Waals surface area contributed by atoms with E-state index in [-0.39, 0.29) is 18.0 Å². The number of aromatic nitrogens is 2. The molecule has 3 fully saturated rings. The van der Waals surface area contributed by atoms with Crippen LogP contribution in [-0.4, -0.2) is 96.7 Å². The average molecular weight is 595 g/mol. The Kier molecular flexibility index (Phi) is 8.00. The van der Waals surface area contributed by atoms with E-state index in [1.165, 1.54) is 28.4 Å². The van der Waals surface area contributed by atoms with Gasteiger partial charge in [0.1, 0.15) is 12.4 Å². The van der Waals surface area contributed by atoms with Gasteiger partial charge in [-0.15, -0.1) is 0 Å². The minimum Gasteiger partial charge on any atom is -0.462 e. The van der Waals surface area contributed by atoms with Crippen molar-refractivity contribution in [3.05, 3.63) is 53.2 Å². The second-order valence-corrected chi connectivity index (χ2v) is 12.6. The zero-order valence-corrected chi connectivity index (χ0v) is 25.8. The summed E-state index contributed by atoms with van der Waals surface area (Å²) in [7, 11) is 2.15. The Morgan fingerprint density at radius 3 is 2.68 bits per heavy atom. The predicted octanol–water partition coefficient (Wildman–Crippen LogP) is 3.13. The first-order valence-electron chi connectivity index (χ1n) is 16.2. The highest BCUT2D eigenvalue weighted by atomic mass is 16.5. The Morgan fingerprint density at radius 2 is 1.93 bits per heavy atom. The average Bonchev–Trinajstić information content (AvgIpc) is 3.83. The summed E-state index contributed by atoms with van der Waals surface area (Å²) in [5.41, 5.74) is 4.76. The molecule has 5 heterocycles. The first-order chi connectivity index (χ1) is 21.5. The van der Waals surface area contributed by atoms with Gasteiger partial charge in [0.2, 0.25) is 5.91 Å². The van der Waals surface area contributed by atoms with Crippen LogP contribution >= 0.6 is 0 Å². The van der Waals surface area contributed by atoms with Crippen LogP contribution in [-0.2, 0) is 24.2 Å². The van der Waals surface area contributed by atoms with E-state index in [4.69, 9.17) is 14.7 Å².